The number of anilines is 1. The van der Waals surface area contributed by atoms with Crippen LogP contribution in [0.25, 0.3) is 10.8 Å². The number of carbonyl (C=O) groups excluding carboxylic acids is 1. The Kier molecular flexibility index (Phi) is 6.39. The van der Waals surface area contributed by atoms with Crippen molar-refractivity contribution in [3.05, 3.63) is 72.3 Å². The summed E-state index contributed by atoms with van der Waals surface area (Å²) >= 11 is 0. The second-order valence-electron chi connectivity index (χ2n) is 8.19. The van der Waals surface area contributed by atoms with E-state index < -0.39 is 10.0 Å². The van der Waals surface area contributed by atoms with Crippen LogP contribution in [0.4, 0.5) is 5.69 Å². The smallest absolute Gasteiger partial charge is 0.258 e. The normalized spacial score (nSPS) is 15.5. The molecule has 4 rings (SSSR count). The molecular formula is C25H28N2O3S. The van der Waals surface area contributed by atoms with Gasteiger partial charge in [0.1, 0.15) is 0 Å². The molecule has 6 heteroatoms. The maximum Gasteiger partial charge on any atom is 0.258 e. The van der Waals surface area contributed by atoms with Crippen LogP contribution in [0.3, 0.4) is 0 Å². The Balaban J connectivity index is 1.52. The van der Waals surface area contributed by atoms with E-state index in [-0.39, 0.29) is 16.8 Å². The van der Waals surface area contributed by atoms with E-state index >= 15 is 0 Å². The van der Waals surface area contributed by atoms with E-state index in [0.29, 0.717) is 11.3 Å². The van der Waals surface area contributed by atoms with Gasteiger partial charge in [-0.2, -0.15) is 0 Å². The van der Waals surface area contributed by atoms with Crippen molar-refractivity contribution in [3.8, 4) is 0 Å². The summed E-state index contributed by atoms with van der Waals surface area (Å²) < 4.78 is 28.5. The molecule has 0 atom stereocenters. The van der Waals surface area contributed by atoms with E-state index in [4.69, 9.17) is 0 Å². The lowest BCUT2D eigenvalue weighted by atomic mass is 10.0. The maximum atomic E-state index is 13.1. The number of hydrogen-bond acceptors (Lipinski definition) is 3. The van der Waals surface area contributed by atoms with Gasteiger partial charge in [-0.25, -0.2) is 13.1 Å². The molecule has 3 aromatic carbocycles. The van der Waals surface area contributed by atoms with Gasteiger partial charge in [0.05, 0.1) is 4.90 Å². The molecule has 0 saturated heterocycles. The largest absolute Gasteiger partial charge is 0.311 e. The number of nitrogens with one attached hydrogen (secondary N) is 1. The van der Waals surface area contributed by atoms with Crippen LogP contribution in [-0.2, 0) is 10.0 Å². The van der Waals surface area contributed by atoms with Crippen molar-refractivity contribution >= 4 is 32.4 Å². The van der Waals surface area contributed by atoms with Gasteiger partial charge in [0.15, 0.2) is 0 Å². The number of sulfonamides is 1. The average Bonchev–Trinajstić information content (AvgIpc) is 3.06. The van der Waals surface area contributed by atoms with Gasteiger partial charge in [-0.1, -0.05) is 62.1 Å². The molecule has 5 nitrogen and oxygen atoms in total. The summed E-state index contributed by atoms with van der Waals surface area (Å²) in [5, 5.41) is 1.90. The second kappa shape index (κ2) is 9.20. The van der Waals surface area contributed by atoms with Crippen molar-refractivity contribution < 1.29 is 13.2 Å². The Morgan fingerprint density at radius 1 is 0.871 bits per heavy atom. The number of rotatable bonds is 5. The fourth-order valence-corrected chi connectivity index (χ4v) is 5.55. The van der Waals surface area contributed by atoms with Crippen LogP contribution >= 0.6 is 0 Å². The molecule has 1 saturated carbocycles. The summed E-state index contributed by atoms with van der Waals surface area (Å²) in [6.07, 6.45) is 6.24. The first-order valence-electron chi connectivity index (χ1n) is 10.8. The Bertz CT molecular complexity index is 1160. The summed E-state index contributed by atoms with van der Waals surface area (Å²) in [5.41, 5.74) is 1.26. The molecule has 0 aliphatic heterocycles. The molecule has 0 spiro atoms. The Morgan fingerprint density at radius 3 is 2.23 bits per heavy atom. The molecule has 1 N–H and O–H groups in total. The molecule has 0 bridgehead atoms. The lowest BCUT2D eigenvalue weighted by Crippen LogP contribution is -2.34. The minimum Gasteiger partial charge on any atom is -0.311 e. The van der Waals surface area contributed by atoms with Crippen LogP contribution in [0.2, 0.25) is 0 Å². The number of hydrogen-bond donors (Lipinski definition) is 1. The summed E-state index contributed by atoms with van der Waals surface area (Å²) in [7, 11) is -1.87. The van der Waals surface area contributed by atoms with E-state index in [0.717, 1.165) is 36.5 Å². The lowest BCUT2D eigenvalue weighted by molar-refractivity contribution is 0.0994. The zero-order valence-electron chi connectivity index (χ0n) is 17.8. The molecule has 1 amide bonds. The van der Waals surface area contributed by atoms with Crippen molar-refractivity contribution in [1.29, 1.82) is 0 Å². The van der Waals surface area contributed by atoms with Crippen LogP contribution in [0.1, 0.15) is 48.9 Å². The predicted octanol–water partition coefficient (Wildman–Crippen LogP) is 5.12. The summed E-state index contributed by atoms with van der Waals surface area (Å²) in [6.45, 7) is 0. The first-order valence-corrected chi connectivity index (χ1v) is 12.3. The Morgan fingerprint density at radius 2 is 1.52 bits per heavy atom. The molecule has 0 aromatic heterocycles. The highest BCUT2D eigenvalue weighted by Crippen LogP contribution is 2.24. The molecule has 0 heterocycles. The fraction of sp³-hybridized carbons (Fsp3) is 0.320. The van der Waals surface area contributed by atoms with Crippen LogP contribution in [-0.4, -0.2) is 27.4 Å². The average molecular weight is 437 g/mol. The van der Waals surface area contributed by atoms with Gasteiger partial charge >= 0.3 is 0 Å². The molecule has 1 aliphatic rings. The van der Waals surface area contributed by atoms with Gasteiger partial charge in [0.2, 0.25) is 10.0 Å². The second-order valence-corrected chi connectivity index (χ2v) is 9.91. The highest BCUT2D eigenvalue weighted by Gasteiger charge is 2.22. The Hall–Kier alpha value is -2.70. The number of benzene rings is 3. The fourth-order valence-electron chi connectivity index (χ4n) is 4.24. The van der Waals surface area contributed by atoms with Gasteiger partial charge in [0.25, 0.3) is 5.91 Å². The minimum atomic E-state index is -3.57. The Labute approximate surface area is 184 Å². The van der Waals surface area contributed by atoms with Gasteiger partial charge in [-0.3, -0.25) is 4.79 Å². The van der Waals surface area contributed by atoms with Crippen molar-refractivity contribution in [1.82, 2.24) is 4.72 Å². The molecular weight excluding hydrogens is 408 g/mol. The van der Waals surface area contributed by atoms with Crippen LogP contribution in [0, 0.1) is 0 Å². The summed E-state index contributed by atoms with van der Waals surface area (Å²) in [6, 6.07) is 20.0. The summed E-state index contributed by atoms with van der Waals surface area (Å²) in [5.74, 6) is -0.135. The summed E-state index contributed by atoms with van der Waals surface area (Å²) in [4.78, 5) is 14.9. The first kappa shape index (κ1) is 21.5. The standard InChI is InChI=1S/C25H28N2O3S/c1-27(25(28)24-14-8-10-19-9-6-7-13-23(19)24)21-15-17-22(18-16-21)31(29,30)26-20-11-4-2-3-5-12-20/h6-10,13-18,20,26H,2-5,11-12H2,1H3. The van der Waals surface area contributed by atoms with Gasteiger partial charge in [-0.05, 0) is 53.9 Å². The van der Waals surface area contributed by atoms with Gasteiger partial charge in [0, 0.05) is 24.3 Å². The van der Waals surface area contributed by atoms with Crippen LogP contribution in [0.5, 0.6) is 0 Å². The number of carbonyl (C=O) groups is 1. The van der Waals surface area contributed by atoms with E-state index in [2.05, 4.69) is 4.72 Å². The predicted molar refractivity (Wildman–Crippen MR) is 125 cm³/mol. The van der Waals surface area contributed by atoms with Crippen molar-refractivity contribution in [2.75, 3.05) is 11.9 Å². The van der Waals surface area contributed by atoms with Gasteiger partial charge in [-0.15, -0.1) is 0 Å². The number of fused-ring (bicyclic) bond motifs is 1. The zero-order valence-corrected chi connectivity index (χ0v) is 18.6. The number of amides is 1. The topological polar surface area (TPSA) is 66.5 Å². The highest BCUT2D eigenvalue weighted by atomic mass is 32.2. The van der Waals surface area contributed by atoms with Crippen molar-refractivity contribution in [3.63, 3.8) is 0 Å². The highest BCUT2D eigenvalue weighted by molar-refractivity contribution is 7.89. The molecule has 162 valence electrons. The molecule has 1 aliphatic carbocycles. The molecule has 0 unspecified atom stereocenters. The van der Waals surface area contributed by atoms with Crippen molar-refractivity contribution in [2.24, 2.45) is 0 Å². The molecule has 31 heavy (non-hydrogen) atoms. The number of nitrogens with zero attached hydrogens (tertiary/aromatic N) is 1. The lowest BCUT2D eigenvalue weighted by Gasteiger charge is -2.20. The third-order valence-corrected chi connectivity index (χ3v) is 7.57. The zero-order chi connectivity index (χ0) is 21.8. The van der Waals surface area contributed by atoms with Crippen LogP contribution in [0.15, 0.2) is 71.6 Å². The molecule has 1 fully saturated rings. The van der Waals surface area contributed by atoms with Crippen LogP contribution < -0.4 is 9.62 Å². The first-order chi connectivity index (χ1) is 15.0. The third kappa shape index (κ3) is 4.81. The SMILES string of the molecule is CN(C(=O)c1cccc2ccccc12)c1ccc(S(=O)(=O)NC2CCCCCC2)cc1. The quantitative estimate of drug-likeness (QED) is 0.565. The minimum absolute atomic E-state index is 0.00258. The third-order valence-electron chi connectivity index (χ3n) is 6.04. The van der Waals surface area contributed by atoms with Crippen molar-refractivity contribution in [2.45, 2.75) is 49.5 Å². The monoisotopic (exact) mass is 436 g/mol. The molecule has 3 aromatic rings. The van der Waals surface area contributed by atoms with Gasteiger partial charge < -0.3 is 4.90 Å². The van der Waals surface area contributed by atoms with E-state index in [1.54, 1.807) is 36.2 Å². The van der Waals surface area contributed by atoms with E-state index in [9.17, 15) is 13.2 Å². The molecule has 0 radical (unpaired) electrons. The van der Waals surface area contributed by atoms with E-state index in [1.165, 1.54) is 12.8 Å². The maximum absolute atomic E-state index is 13.1. The van der Waals surface area contributed by atoms with E-state index in [1.807, 2.05) is 42.5 Å².